The van der Waals surface area contributed by atoms with Gasteiger partial charge in [-0.3, -0.25) is 4.79 Å². The van der Waals surface area contributed by atoms with Gasteiger partial charge < -0.3 is 9.64 Å². The lowest BCUT2D eigenvalue weighted by Crippen LogP contribution is -2.34. The van der Waals surface area contributed by atoms with Gasteiger partial charge >= 0.3 is 0 Å². The first-order chi connectivity index (χ1) is 9.70. The Kier molecular flexibility index (Phi) is 6.04. The SMILES string of the molecule is CCN(CC)C(=O)COc1c(C)cc(C)cc1S(=O)(=O)Cl. The van der Waals surface area contributed by atoms with Gasteiger partial charge in [0.25, 0.3) is 15.0 Å². The molecule has 1 aromatic rings. The monoisotopic (exact) mass is 333 g/mol. The Morgan fingerprint density at radius 2 is 1.81 bits per heavy atom. The average molecular weight is 334 g/mol. The molecule has 0 bridgehead atoms. The molecule has 0 saturated carbocycles. The molecule has 0 aliphatic rings. The third kappa shape index (κ3) is 4.61. The van der Waals surface area contributed by atoms with Crippen LogP contribution < -0.4 is 4.74 Å². The molecule has 0 unspecified atom stereocenters. The fourth-order valence-corrected chi connectivity index (χ4v) is 3.19. The van der Waals surface area contributed by atoms with Crippen molar-refractivity contribution in [3.8, 4) is 5.75 Å². The molecule has 118 valence electrons. The van der Waals surface area contributed by atoms with Crippen LogP contribution in [0.2, 0.25) is 0 Å². The Labute approximate surface area is 130 Å². The van der Waals surface area contributed by atoms with E-state index >= 15 is 0 Å². The molecule has 0 N–H and O–H groups in total. The van der Waals surface area contributed by atoms with E-state index in [1.807, 2.05) is 13.8 Å². The van der Waals surface area contributed by atoms with E-state index in [1.165, 1.54) is 6.07 Å². The number of rotatable bonds is 6. The second-order valence-corrected chi connectivity index (χ2v) is 7.24. The van der Waals surface area contributed by atoms with Crippen molar-refractivity contribution in [2.75, 3.05) is 19.7 Å². The molecule has 0 heterocycles. The van der Waals surface area contributed by atoms with Crippen LogP contribution in [0.3, 0.4) is 0 Å². The number of ether oxygens (including phenoxy) is 1. The molecule has 1 rings (SSSR count). The van der Waals surface area contributed by atoms with Crippen molar-refractivity contribution in [3.05, 3.63) is 23.3 Å². The normalized spacial score (nSPS) is 11.3. The maximum absolute atomic E-state index is 11.9. The van der Waals surface area contributed by atoms with Crippen LogP contribution in [-0.2, 0) is 13.8 Å². The zero-order valence-corrected chi connectivity index (χ0v) is 14.2. The lowest BCUT2D eigenvalue weighted by molar-refractivity contribution is -0.133. The lowest BCUT2D eigenvalue weighted by atomic mass is 10.1. The Balaban J connectivity index is 3.06. The predicted octanol–water partition coefficient (Wildman–Crippen LogP) is 2.48. The van der Waals surface area contributed by atoms with E-state index < -0.39 is 9.05 Å². The first-order valence-corrected chi connectivity index (χ1v) is 8.98. The van der Waals surface area contributed by atoms with Gasteiger partial charge in [-0.15, -0.1) is 0 Å². The van der Waals surface area contributed by atoms with E-state index in [9.17, 15) is 13.2 Å². The highest BCUT2D eigenvalue weighted by atomic mass is 35.7. The van der Waals surface area contributed by atoms with Crippen LogP contribution in [0.5, 0.6) is 5.75 Å². The molecule has 0 saturated heterocycles. The third-order valence-electron chi connectivity index (χ3n) is 3.10. The Morgan fingerprint density at radius 1 is 1.24 bits per heavy atom. The van der Waals surface area contributed by atoms with Gasteiger partial charge in [0, 0.05) is 23.8 Å². The Hall–Kier alpha value is -1.27. The summed E-state index contributed by atoms with van der Waals surface area (Å²) in [5, 5.41) is 0. The first kappa shape index (κ1) is 17.8. The van der Waals surface area contributed by atoms with Gasteiger partial charge in [0.05, 0.1) is 0 Å². The second-order valence-electron chi connectivity index (χ2n) is 4.70. The minimum Gasteiger partial charge on any atom is -0.482 e. The molecular weight excluding hydrogens is 314 g/mol. The van der Waals surface area contributed by atoms with E-state index in [1.54, 1.807) is 24.8 Å². The minimum atomic E-state index is -3.94. The molecule has 0 radical (unpaired) electrons. The second kappa shape index (κ2) is 7.13. The van der Waals surface area contributed by atoms with Crippen molar-refractivity contribution in [1.82, 2.24) is 4.90 Å². The van der Waals surface area contributed by atoms with E-state index in [0.717, 1.165) is 5.56 Å². The molecule has 0 aliphatic heterocycles. The molecule has 1 aromatic carbocycles. The van der Waals surface area contributed by atoms with Gasteiger partial charge in [-0.25, -0.2) is 8.42 Å². The van der Waals surface area contributed by atoms with Crippen LogP contribution in [0.25, 0.3) is 0 Å². The number of nitrogens with zero attached hydrogens (tertiary/aromatic N) is 1. The highest BCUT2D eigenvalue weighted by Gasteiger charge is 2.21. The van der Waals surface area contributed by atoms with Gasteiger partial charge in [0.2, 0.25) is 0 Å². The van der Waals surface area contributed by atoms with Crippen molar-refractivity contribution in [1.29, 1.82) is 0 Å². The number of hydrogen-bond donors (Lipinski definition) is 0. The summed E-state index contributed by atoms with van der Waals surface area (Å²) in [6.07, 6.45) is 0. The quantitative estimate of drug-likeness (QED) is 0.750. The fourth-order valence-electron chi connectivity index (χ4n) is 2.08. The van der Waals surface area contributed by atoms with Crippen molar-refractivity contribution in [2.24, 2.45) is 0 Å². The molecule has 0 aliphatic carbocycles. The van der Waals surface area contributed by atoms with E-state index in [2.05, 4.69) is 0 Å². The number of amides is 1. The summed E-state index contributed by atoms with van der Waals surface area (Å²) >= 11 is 0. The van der Waals surface area contributed by atoms with Crippen LogP contribution in [0, 0.1) is 13.8 Å². The van der Waals surface area contributed by atoms with Crippen LogP contribution >= 0.6 is 10.7 Å². The zero-order chi connectivity index (χ0) is 16.2. The average Bonchev–Trinajstić information content (AvgIpc) is 2.37. The number of halogens is 1. The molecule has 0 spiro atoms. The van der Waals surface area contributed by atoms with Gasteiger partial charge in [-0.1, -0.05) is 6.07 Å². The molecule has 7 heteroatoms. The molecule has 0 aromatic heterocycles. The van der Waals surface area contributed by atoms with Gasteiger partial charge in [0.1, 0.15) is 10.6 Å². The van der Waals surface area contributed by atoms with E-state index in [-0.39, 0.29) is 23.2 Å². The van der Waals surface area contributed by atoms with Crippen molar-refractivity contribution < 1.29 is 17.9 Å². The molecule has 0 atom stereocenters. The number of likely N-dealkylation sites (N-methyl/N-ethyl adjacent to an activating group) is 1. The highest BCUT2D eigenvalue weighted by Crippen LogP contribution is 2.31. The number of carbonyl (C=O) groups excluding carboxylic acids is 1. The topological polar surface area (TPSA) is 63.7 Å². The van der Waals surface area contributed by atoms with Crippen molar-refractivity contribution >= 4 is 25.6 Å². The summed E-state index contributed by atoms with van der Waals surface area (Å²) < 4.78 is 28.7. The summed E-state index contributed by atoms with van der Waals surface area (Å²) in [6, 6.07) is 3.22. The number of benzene rings is 1. The zero-order valence-electron chi connectivity index (χ0n) is 12.6. The summed E-state index contributed by atoms with van der Waals surface area (Å²) in [5.41, 5.74) is 1.38. The van der Waals surface area contributed by atoms with Crippen molar-refractivity contribution in [3.63, 3.8) is 0 Å². The van der Waals surface area contributed by atoms with Crippen LogP contribution in [0.1, 0.15) is 25.0 Å². The maximum Gasteiger partial charge on any atom is 0.265 e. The number of carbonyl (C=O) groups is 1. The Bertz CT molecular complexity index is 624. The predicted molar refractivity (Wildman–Crippen MR) is 82.4 cm³/mol. The third-order valence-corrected chi connectivity index (χ3v) is 4.43. The van der Waals surface area contributed by atoms with Gasteiger partial charge in [0.15, 0.2) is 6.61 Å². The Morgan fingerprint density at radius 3 is 2.29 bits per heavy atom. The molecular formula is C14H20ClNO4S. The maximum atomic E-state index is 11.9. The standard InChI is InChI=1S/C14H20ClNO4S/c1-5-16(6-2)13(17)9-20-14-11(4)7-10(3)8-12(14)21(15,18)19/h7-8H,5-6,9H2,1-4H3. The summed E-state index contributed by atoms with van der Waals surface area (Å²) in [7, 11) is 1.50. The van der Waals surface area contributed by atoms with E-state index in [0.29, 0.717) is 18.7 Å². The molecule has 1 amide bonds. The minimum absolute atomic E-state index is 0.103. The summed E-state index contributed by atoms with van der Waals surface area (Å²) in [4.78, 5) is 13.4. The van der Waals surface area contributed by atoms with Gasteiger partial charge in [-0.2, -0.15) is 0 Å². The number of aryl methyl sites for hydroxylation is 2. The highest BCUT2D eigenvalue weighted by molar-refractivity contribution is 8.13. The van der Waals surface area contributed by atoms with Gasteiger partial charge in [-0.05, 0) is 44.9 Å². The number of hydrogen-bond acceptors (Lipinski definition) is 4. The lowest BCUT2D eigenvalue weighted by Gasteiger charge is -2.20. The fraction of sp³-hybridized carbons (Fsp3) is 0.500. The van der Waals surface area contributed by atoms with Crippen LogP contribution in [-0.4, -0.2) is 38.9 Å². The molecule has 21 heavy (non-hydrogen) atoms. The summed E-state index contributed by atoms with van der Waals surface area (Å²) in [5.74, 6) is -0.0611. The smallest absolute Gasteiger partial charge is 0.265 e. The van der Waals surface area contributed by atoms with E-state index in [4.69, 9.17) is 15.4 Å². The molecule has 5 nitrogen and oxygen atoms in total. The largest absolute Gasteiger partial charge is 0.482 e. The van der Waals surface area contributed by atoms with Crippen molar-refractivity contribution in [2.45, 2.75) is 32.6 Å². The first-order valence-electron chi connectivity index (χ1n) is 6.67. The summed E-state index contributed by atoms with van der Waals surface area (Å²) in [6.45, 7) is 8.16. The van der Waals surface area contributed by atoms with Crippen LogP contribution in [0.15, 0.2) is 17.0 Å². The molecule has 0 fully saturated rings. The van der Waals surface area contributed by atoms with Crippen LogP contribution in [0.4, 0.5) is 0 Å².